The number of aromatic nitrogens is 1. The van der Waals surface area contributed by atoms with Gasteiger partial charge in [0.15, 0.2) is 0 Å². The van der Waals surface area contributed by atoms with E-state index in [0.717, 1.165) is 0 Å². The van der Waals surface area contributed by atoms with Crippen LogP contribution in [0.3, 0.4) is 0 Å². The van der Waals surface area contributed by atoms with Gasteiger partial charge in [-0.15, -0.1) is 0 Å². The molecule has 4 nitrogen and oxygen atoms in total. The third kappa shape index (κ3) is 1.95. The van der Waals surface area contributed by atoms with Crippen LogP contribution in [0.2, 0.25) is 0 Å². The number of allylic oxidation sites excluding steroid dienone is 1. The molecule has 1 aromatic heterocycles. The van der Waals surface area contributed by atoms with E-state index in [0.29, 0.717) is 11.5 Å². The van der Waals surface area contributed by atoms with Crippen LogP contribution in [-0.4, -0.2) is 18.1 Å². The van der Waals surface area contributed by atoms with E-state index in [2.05, 4.69) is 9.72 Å². The minimum absolute atomic E-state index is 0.411. The molecule has 0 radical (unpaired) electrons. The maximum absolute atomic E-state index is 10.7. The summed E-state index contributed by atoms with van der Waals surface area (Å²) in [5.41, 5.74) is 0.645. The van der Waals surface area contributed by atoms with E-state index < -0.39 is 5.97 Å². The second kappa shape index (κ2) is 3.71. The Morgan fingerprint density at radius 3 is 3.00 bits per heavy atom. The van der Waals surface area contributed by atoms with Gasteiger partial charge in [0, 0.05) is 11.6 Å². The van der Waals surface area contributed by atoms with Crippen molar-refractivity contribution in [2.75, 3.05) is 7.11 Å². The minimum atomic E-state index is -0.411. The molecule has 4 heteroatoms. The van der Waals surface area contributed by atoms with Gasteiger partial charge in [0.05, 0.1) is 13.3 Å². The Balaban J connectivity index is 2.77. The summed E-state index contributed by atoms with van der Waals surface area (Å²) in [4.78, 5) is 14.6. The highest BCUT2D eigenvalue weighted by molar-refractivity contribution is 5.89. The van der Waals surface area contributed by atoms with Gasteiger partial charge in [-0.2, -0.15) is 0 Å². The number of carbonyl (C=O) groups excluding carboxylic acids is 1. The van der Waals surface area contributed by atoms with Crippen LogP contribution in [0.15, 0.2) is 23.0 Å². The normalized spacial score (nSPS) is 11.3. The van der Waals surface area contributed by atoms with Crippen LogP contribution in [0.1, 0.15) is 12.8 Å². The number of esters is 1. The summed E-state index contributed by atoms with van der Waals surface area (Å²) in [6.07, 6.45) is 4.29. The number of hydrogen-bond donors (Lipinski definition) is 0. The lowest BCUT2D eigenvalue weighted by Gasteiger charge is -1.93. The molecule has 0 aromatic carbocycles. The third-order valence-electron chi connectivity index (χ3n) is 1.31. The van der Waals surface area contributed by atoms with Crippen LogP contribution in [0, 0.1) is 0 Å². The Morgan fingerprint density at radius 1 is 1.75 bits per heavy atom. The summed E-state index contributed by atoms with van der Waals surface area (Å²) in [7, 11) is 1.32. The van der Waals surface area contributed by atoms with Crippen LogP contribution in [-0.2, 0) is 9.53 Å². The van der Waals surface area contributed by atoms with E-state index in [1.165, 1.54) is 25.6 Å². The van der Waals surface area contributed by atoms with Crippen LogP contribution < -0.4 is 0 Å². The zero-order valence-corrected chi connectivity index (χ0v) is 6.90. The molecule has 64 valence electrons. The van der Waals surface area contributed by atoms with Crippen LogP contribution in [0.4, 0.5) is 0 Å². The molecule has 0 N–H and O–H groups in total. The molecular formula is C8H9NO3. The largest absolute Gasteiger partial charge is 0.466 e. The maximum Gasteiger partial charge on any atom is 0.330 e. The Hall–Kier alpha value is -1.58. The fourth-order valence-corrected chi connectivity index (χ4v) is 0.716. The summed E-state index contributed by atoms with van der Waals surface area (Å²) in [6, 6.07) is 0. The van der Waals surface area contributed by atoms with Gasteiger partial charge in [-0.05, 0) is 6.92 Å². The molecule has 0 aliphatic rings. The first-order valence-corrected chi connectivity index (χ1v) is 3.40. The smallest absolute Gasteiger partial charge is 0.330 e. The average molecular weight is 167 g/mol. The van der Waals surface area contributed by atoms with Gasteiger partial charge in [0.1, 0.15) is 6.26 Å². The van der Waals surface area contributed by atoms with Gasteiger partial charge in [0.2, 0.25) is 5.89 Å². The standard InChI is InChI=1S/C8H9NO3/c1-6(5-7(10)11-2)8-9-3-4-12-8/h3-5H,1-2H3/b6-5-. The first kappa shape index (κ1) is 8.52. The van der Waals surface area contributed by atoms with Crippen molar-refractivity contribution in [2.45, 2.75) is 6.92 Å². The number of rotatable bonds is 2. The fourth-order valence-electron chi connectivity index (χ4n) is 0.716. The highest BCUT2D eigenvalue weighted by Gasteiger charge is 2.02. The number of oxazole rings is 1. The number of methoxy groups -OCH3 is 1. The van der Waals surface area contributed by atoms with E-state index in [-0.39, 0.29) is 0 Å². The molecule has 0 amide bonds. The lowest BCUT2D eigenvalue weighted by Crippen LogP contribution is -1.95. The Labute approximate surface area is 69.9 Å². The van der Waals surface area contributed by atoms with Crippen molar-refractivity contribution in [3.05, 3.63) is 24.4 Å². The van der Waals surface area contributed by atoms with Crippen molar-refractivity contribution in [1.82, 2.24) is 4.98 Å². The molecule has 0 fully saturated rings. The topological polar surface area (TPSA) is 52.3 Å². The van der Waals surface area contributed by atoms with Gasteiger partial charge in [-0.25, -0.2) is 9.78 Å². The molecule has 0 spiro atoms. The molecule has 12 heavy (non-hydrogen) atoms. The lowest BCUT2D eigenvalue weighted by molar-refractivity contribution is -0.134. The van der Waals surface area contributed by atoms with E-state index in [4.69, 9.17) is 4.42 Å². The molecule has 0 aliphatic heterocycles. The summed E-state index contributed by atoms with van der Waals surface area (Å²) in [5.74, 6) is 0.0195. The van der Waals surface area contributed by atoms with E-state index in [1.54, 1.807) is 6.92 Å². The Morgan fingerprint density at radius 2 is 2.50 bits per heavy atom. The molecule has 0 aliphatic carbocycles. The predicted molar refractivity (Wildman–Crippen MR) is 42.2 cm³/mol. The quantitative estimate of drug-likeness (QED) is 0.491. The lowest BCUT2D eigenvalue weighted by atomic mass is 10.3. The molecule has 0 atom stereocenters. The second-order valence-electron chi connectivity index (χ2n) is 2.19. The first-order chi connectivity index (χ1) is 5.74. The van der Waals surface area contributed by atoms with Gasteiger partial charge >= 0.3 is 5.97 Å². The van der Waals surface area contributed by atoms with E-state index >= 15 is 0 Å². The zero-order chi connectivity index (χ0) is 8.97. The summed E-state index contributed by atoms with van der Waals surface area (Å²) < 4.78 is 9.39. The predicted octanol–water partition coefficient (Wildman–Crippen LogP) is 1.25. The number of carbonyl (C=O) groups is 1. The highest BCUT2D eigenvalue weighted by Crippen LogP contribution is 2.09. The molecule has 1 rings (SSSR count). The molecular weight excluding hydrogens is 158 g/mol. The molecule has 0 unspecified atom stereocenters. The Bertz CT molecular complexity index is 287. The fraction of sp³-hybridized carbons (Fsp3) is 0.250. The Kier molecular flexibility index (Phi) is 2.63. The molecule has 0 bridgehead atoms. The van der Waals surface area contributed by atoms with Crippen molar-refractivity contribution >= 4 is 11.5 Å². The number of hydrogen-bond acceptors (Lipinski definition) is 4. The number of ether oxygens (including phenoxy) is 1. The SMILES string of the molecule is COC(=O)/C=C(/C)c1ncco1. The van der Waals surface area contributed by atoms with Crippen LogP contribution in [0.5, 0.6) is 0 Å². The van der Waals surface area contributed by atoms with Gasteiger partial charge in [-0.3, -0.25) is 0 Å². The van der Waals surface area contributed by atoms with Gasteiger partial charge < -0.3 is 9.15 Å². The van der Waals surface area contributed by atoms with Crippen molar-refractivity contribution in [2.24, 2.45) is 0 Å². The summed E-state index contributed by atoms with van der Waals surface area (Å²) >= 11 is 0. The van der Waals surface area contributed by atoms with Crippen LogP contribution in [0.25, 0.3) is 5.57 Å². The maximum atomic E-state index is 10.7. The minimum Gasteiger partial charge on any atom is -0.466 e. The third-order valence-corrected chi connectivity index (χ3v) is 1.31. The van der Waals surface area contributed by atoms with Crippen molar-refractivity contribution < 1.29 is 13.9 Å². The number of nitrogens with zero attached hydrogens (tertiary/aromatic N) is 1. The molecule has 0 saturated carbocycles. The monoisotopic (exact) mass is 167 g/mol. The summed E-state index contributed by atoms with van der Waals surface area (Å²) in [5, 5.41) is 0. The van der Waals surface area contributed by atoms with Crippen molar-refractivity contribution in [1.29, 1.82) is 0 Å². The second-order valence-corrected chi connectivity index (χ2v) is 2.19. The molecule has 0 saturated heterocycles. The van der Waals surface area contributed by atoms with Gasteiger partial charge in [0.25, 0.3) is 0 Å². The first-order valence-electron chi connectivity index (χ1n) is 3.40. The average Bonchev–Trinajstić information content (AvgIpc) is 2.56. The highest BCUT2D eigenvalue weighted by atomic mass is 16.5. The van der Waals surface area contributed by atoms with E-state index in [1.807, 2.05) is 0 Å². The van der Waals surface area contributed by atoms with E-state index in [9.17, 15) is 4.79 Å². The molecule has 1 heterocycles. The zero-order valence-electron chi connectivity index (χ0n) is 6.90. The summed E-state index contributed by atoms with van der Waals surface area (Å²) in [6.45, 7) is 1.72. The van der Waals surface area contributed by atoms with Gasteiger partial charge in [-0.1, -0.05) is 0 Å². The van der Waals surface area contributed by atoms with Crippen LogP contribution >= 0.6 is 0 Å². The van der Waals surface area contributed by atoms with Crippen molar-refractivity contribution in [3.63, 3.8) is 0 Å². The molecule has 1 aromatic rings. The van der Waals surface area contributed by atoms with Crippen molar-refractivity contribution in [3.8, 4) is 0 Å².